The molecule has 7 nitrogen and oxygen atoms in total. The summed E-state index contributed by atoms with van der Waals surface area (Å²) in [5.41, 5.74) is 5.58. The normalized spacial score (nSPS) is 10.9. The lowest BCUT2D eigenvalue weighted by molar-refractivity contribution is -0.385. The molecule has 0 radical (unpaired) electrons. The van der Waals surface area contributed by atoms with E-state index in [2.05, 4.69) is 10.3 Å². The number of rotatable bonds is 4. The molecule has 0 fully saturated rings. The van der Waals surface area contributed by atoms with Gasteiger partial charge in [0, 0.05) is 28.4 Å². The van der Waals surface area contributed by atoms with Crippen LogP contribution in [0.1, 0.15) is 27.0 Å². The molecule has 0 aliphatic carbocycles. The first-order valence-corrected chi connectivity index (χ1v) is 9.36. The maximum Gasteiger partial charge on any atom is 0.273 e. The molecule has 4 aromatic rings. The Kier molecular flexibility index (Phi) is 4.79. The Hall–Kier alpha value is -4.00. The Morgan fingerprint density at radius 1 is 0.967 bits per heavy atom. The molecule has 1 heterocycles. The van der Waals surface area contributed by atoms with Crippen molar-refractivity contribution < 1.29 is 14.1 Å². The number of nitrogens with one attached hydrogen (secondary N) is 1. The molecule has 0 saturated heterocycles. The Morgan fingerprint density at radius 2 is 1.73 bits per heavy atom. The molecule has 0 spiro atoms. The summed E-state index contributed by atoms with van der Waals surface area (Å²) >= 11 is 0. The molecule has 30 heavy (non-hydrogen) atoms. The highest BCUT2D eigenvalue weighted by Crippen LogP contribution is 2.28. The number of nitrogens with zero attached hydrogens (tertiary/aromatic N) is 2. The number of hydrogen-bond donors (Lipinski definition) is 1. The lowest BCUT2D eigenvalue weighted by atomic mass is 10.1. The van der Waals surface area contributed by atoms with Crippen LogP contribution in [-0.4, -0.2) is 15.8 Å². The summed E-state index contributed by atoms with van der Waals surface area (Å²) in [6.07, 6.45) is 0. The van der Waals surface area contributed by atoms with Gasteiger partial charge in [-0.25, -0.2) is 4.98 Å². The van der Waals surface area contributed by atoms with Crippen LogP contribution in [-0.2, 0) is 0 Å². The first-order valence-electron chi connectivity index (χ1n) is 9.36. The summed E-state index contributed by atoms with van der Waals surface area (Å²) in [5, 5.41) is 13.9. The van der Waals surface area contributed by atoms with Gasteiger partial charge < -0.3 is 9.73 Å². The number of benzene rings is 3. The van der Waals surface area contributed by atoms with Crippen molar-refractivity contribution in [3.8, 4) is 11.5 Å². The number of amides is 1. The molecular weight excluding hydrogens is 382 g/mol. The number of aromatic nitrogens is 1. The first-order chi connectivity index (χ1) is 14.3. The van der Waals surface area contributed by atoms with E-state index in [-0.39, 0.29) is 11.3 Å². The number of aryl methyl sites for hydroxylation is 3. The molecular formula is C23H19N3O4. The maximum absolute atomic E-state index is 12.6. The molecule has 0 atom stereocenters. The van der Waals surface area contributed by atoms with E-state index < -0.39 is 10.8 Å². The van der Waals surface area contributed by atoms with Gasteiger partial charge in [0.1, 0.15) is 5.52 Å². The summed E-state index contributed by atoms with van der Waals surface area (Å²) in [6.45, 7) is 5.71. The molecule has 0 bridgehead atoms. The van der Waals surface area contributed by atoms with Crippen molar-refractivity contribution in [3.63, 3.8) is 0 Å². The molecule has 150 valence electrons. The molecule has 1 aromatic heterocycles. The largest absolute Gasteiger partial charge is 0.436 e. The Labute approximate surface area is 172 Å². The predicted octanol–water partition coefficient (Wildman–Crippen LogP) is 5.58. The van der Waals surface area contributed by atoms with E-state index >= 15 is 0 Å². The fourth-order valence-corrected chi connectivity index (χ4v) is 3.15. The monoisotopic (exact) mass is 401 g/mol. The highest BCUT2D eigenvalue weighted by molar-refractivity contribution is 6.05. The average molecular weight is 401 g/mol. The maximum atomic E-state index is 12.6. The highest BCUT2D eigenvalue weighted by atomic mass is 16.6. The SMILES string of the molecule is Cc1ccc(-c2nc3cc(NC(=O)c4ccc(C)c([N+](=O)[O-])c4)ccc3o2)cc1C. The second-order valence-electron chi connectivity index (χ2n) is 7.21. The van der Waals surface area contributed by atoms with E-state index in [1.165, 1.54) is 11.6 Å². The zero-order chi connectivity index (χ0) is 21.4. The fraction of sp³-hybridized carbons (Fsp3) is 0.130. The van der Waals surface area contributed by atoms with Crippen LogP contribution in [0.25, 0.3) is 22.6 Å². The molecule has 1 amide bonds. The summed E-state index contributed by atoms with van der Waals surface area (Å²) in [4.78, 5) is 27.7. The number of carbonyl (C=O) groups is 1. The van der Waals surface area contributed by atoms with Gasteiger partial charge in [0.2, 0.25) is 5.89 Å². The Balaban J connectivity index is 1.61. The molecule has 1 N–H and O–H groups in total. The molecule has 0 unspecified atom stereocenters. The number of nitro benzene ring substituents is 1. The van der Waals surface area contributed by atoms with E-state index in [4.69, 9.17) is 4.42 Å². The quantitative estimate of drug-likeness (QED) is 0.355. The van der Waals surface area contributed by atoms with Crippen LogP contribution >= 0.6 is 0 Å². The summed E-state index contributed by atoms with van der Waals surface area (Å²) in [5.74, 6) is 0.0704. The average Bonchev–Trinajstić information content (AvgIpc) is 3.13. The number of oxazole rings is 1. The van der Waals surface area contributed by atoms with Crippen LogP contribution < -0.4 is 5.32 Å². The zero-order valence-corrected chi connectivity index (χ0v) is 16.7. The van der Waals surface area contributed by atoms with Crippen molar-refractivity contribution in [2.75, 3.05) is 5.32 Å². The molecule has 0 aliphatic heterocycles. The second-order valence-corrected chi connectivity index (χ2v) is 7.21. The summed E-state index contributed by atoms with van der Waals surface area (Å²) < 4.78 is 5.85. The Bertz CT molecular complexity index is 1310. The van der Waals surface area contributed by atoms with Gasteiger partial charge in [0.15, 0.2) is 5.58 Å². The first kappa shape index (κ1) is 19.3. The topological polar surface area (TPSA) is 98.3 Å². The van der Waals surface area contributed by atoms with Crippen LogP contribution in [0.4, 0.5) is 11.4 Å². The van der Waals surface area contributed by atoms with Crippen molar-refractivity contribution >= 4 is 28.4 Å². The lowest BCUT2D eigenvalue weighted by Gasteiger charge is -2.06. The van der Waals surface area contributed by atoms with Crippen LogP contribution in [0.3, 0.4) is 0 Å². The number of nitro groups is 1. The predicted molar refractivity (Wildman–Crippen MR) is 115 cm³/mol. The van der Waals surface area contributed by atoms with Gasteiger partial charge in [-0.1, -0.05) is 12.1 Å². The zero-order valence-electron chi connectivity index (χ0n) is 16.7. The number of hydrogen-bond acceptors (Lipinski definition) is 5. The van der Waals surface area contributed by atoms with Crippen molar-refractivity contribution in [1.82, 2.24) is 4.98 Å². The standard InChI is InChI=1S/C23H19N3O4/c1-13-4-7-17(10-15(13)3)23-25-19-12-18(8-9-21(19)30-23)24-22(27)16-6-5-14(2)20(11-16)26(28)29/h4-12H,1-3H3,(H,24,27). The van der Waals surface area contributed by atoms with E-state index in [0.717, 1.165) is 11.1 Å². The molecule has 7 heteroatoms. The Morgan fingerprint density at radius 3 is 2.47 bits per heavy atom. The van der Waals surface area contributed by atoms with Gasteiger partial charge in [-0.15, -0.1) is 0 Å². The van der Waals surface area contributed by atoms with Crippen LogP contribution in [0, 0.1) is 30.9 Å². The summed E-state index contributed by atoms with van der Waals surface area (Å²) in [7, 11) is 0. The third-order valence-electron chi connectivity index (χ3n) is 5.07. The van der Waals surface area contributed by atoms with E-state index in [1.807, 2.05) is 32.0 Å². The number of anilines is 1. The van der Waals surface area contributed by atoms with Gasteiger partial charge in [0.05, 0.1) is 4.92 Å². The van der Waals surface area contributed by atoms with Crippen LogP contribution in [0.15, 0.2) is 59.0 Å². The minimum atomic E-state index is -0.498. The molecule has 0 saturated carbocycles. The van der Waals surface area contributed by atoms with E-state index in [9.17, 15) is 14.9 Å². The van der Waals surface area contributed by atoms with Gasteiger partial charge >= 0.3 is 0 Å². The smallest absolute Gasteiger partial charge is 0.273 e. The lowest BCUT2D eigenvalue weighted by Crippen LogP contribution is -2.12. The fourth-order valence-electron chi connectivity index (χ4n) is 3.15. The number of fused-ring (bicyclic) bond motifs is 1. The van der Waals surface area contributed by atoms with Gasteiger partial charge in [0.25, 0.3) is 11.6 Å². The van der Waals surface area contributed by atoms with Crippen molar-refractivity contribution in [2.45, 2.75) is 20.8 Å². The third kappa shape index (κ3) is 3.65. The molecule has 0 aliphatic rings. The number of carbonyl (C=O) groups excluding carboxylic acids is 1. The van der Waals surface area contributed by atoms with Gasteiger partial charge in [-0.05, 0) is 68.3 Å². The van der Waals surface area contributed by atoms with Crippen molar-refractivity contribution in [1.29, 1.82) is 0 Å². The minimum Gasteiger partial charge on any atom is -0.436 e. The third-order valence-corrected chi connectivity index (χ3v) is 5.07. The van der Waals surface area contributed by atoms with Crippen molar-refractivity contribution in [2.24, 2.45) is 0 Å². The van der Waals surface area contributed by atoms with E-state index in [0.29, 0.717) is 28.2 Å². The molecule has 4 rings (SSSR count). The summed E-state index contributed by atoms with van der Waals surface area (Å²) in [6, 6.07) is 15.5. The van der Waals surface area contributed by atoms with Crippen LogP contribution in [0.2, 0.25) is 0 Å². The van der Waals surface area contributed by atoms with E-state index in [1.54, 1.807) is 37.3 Å². The second kappa shape index (κ2) is 7.44. The minimum absolute atomic E-state index is 0.0902. The van der Waals surface area contributed by atoms with Gasteiger partial charge in [-0.3, -0.25) is 14.9 Å². The van der Waals surface area contributed by atoms with Crippen molar-refractivity contribution in [3.05, 3.63) is 87.0 Å². The highest BCUT2D eigenvalue weighted by Gasteiger charge is 2.16. The van der Waals surface area contributed by atoms with Crippen LogP contribution in [0.5, 0.6) is 0 Å². The van der Waals surface area contributed by atoms with Gasteiger partial charge in [-0.2, -0.15) is 0 Å². The molecule has 3 aromatic carbocycles.